The van der Waals surface area contributed by atoms with Gasteiger partial charge >= 0.3 is 0 Å². The molecule has 4 N–H and O–H groups in total. The van der Waals surface area contributed by atoms with Crippen LogP contribution in [0.4, 0.5) is 0 Å². The first-order chi connectivity index (χ1) is 11.5. The second-order valence-corrected chi connectivity index (χ2v) is 6.59. The molecule has 0 aliphatic carbocycles. The zero-order chi connectivity index (χ0) is 17.3. The van der Waals surface area contributed by atoms with Gasteiger partial charge in [0.05, 0.1) is 17.7 Å². The third-order valence-corrected chi connectivity index (χ3v) is 4.81. The van der Waals surface area contributed by atoms with E-state index in [0.29, 0.717) is 18.5 Å². The van der Waals surface area contributed by atoms with E-state index < -0.39 is 0 Å². The van der Waals surface area contributed by atoms with E-state index in [1.54, 1.807) is 0 Å². The highest BCUT2D eigenvalue weighted by Crippen LogP contribution is 2.23. The van der Waals surface area contributed by atoms with Crippen molar-refractivity contribution in [2.24, 2.45) is 5.73 Å². The van der Waals surface area contributed by atoms with E-state index in [9.17, 15) is 4.79 Å². The lowest BCUT2D eigenvalue weighted by Crippen LogP contribution is -2.42. The van der Waals surface area contributed by atoms with Crippen LogP contribution in [0, 0.1) is 18.3 Å². The van der Waals surface area contributed by atoms with E-state index in [1.807, 2.05) is 37.1 Å². The Balaban J connectivity index is 1.67. The maximum atomic E-state index is 12.3. The number of carbonyl (C=O) groups excluding carboxylic acids is 1. The number of nitriles is 1. The molecule has 0 spiro atoms. The van der Waals surface area contributed by atoms with E-state index >= 15 is 0 Å². The number of fused-ring (bicyclic) bond motifs is 1. The molecule has 3 rings (SSSR count). The quantitative estimate of drug-likeness (QED) is 0.782. The van der Waals surface area contributed by atoms with E-state index in [0.717, 1.165) is 35.1 Å². The van der Waals surface area contributed by atoms with Crippen molar-refractivity contribution in [2.45, 2.75) is 31.8 Å². The van der Waals surface area contributed by atoms with Crippen molar-refractivity contribution in [3.8, 4) is 6.07 Å². The fourth-order valence-electron chi connectivity index (χ4n) is 3.55. The summed E-state index contributed by atoms with van der Waals surface area (Å²) in [5.74, 6) is 0.0423. The van der Waals surface area contributed by atoms with Gasteiger partial charge in [-0.1, -0.05) is 0 Å². The fraction of sp³-hybridized carbons (Fsp3) is 0.444. The summed E-state index contributed by atoms with van der Waals surface area (Å²) in [4.78, 5) is 17.7. The second-order valence-electron chi connectivity index (χ2n) is 6.59. The highest BCUT2D eigenvalue weighted by atomic mass is 16.2. The molecule has 6 nitrogen and oxygen atoms in total. The lowest BCUT2D eigenvalue weighted by molar-refractivity contribution is -0.125. The molecule has 1 amide bonds. The van der Waals surface area contributed by atoms with Gasteiger partial charge in [0.2, 0.25) is 5.91 Å². The van der Waals surface area contributed by atoms with Gasteiger partial charge in [-0.15, -0.1) is 0 Å². The molecular formula is C18H23N5O. The number of likely N-dealkylation sites (tertiary alicyclic amines) is 1. The number of amides is 1. The Morgan fingerprint density at radius 1 is 1.54 bits per heavy atom. The first-order valence-electron chi connectivity index (χ1n) is 8.24. The molecule has 0 bridgehead atoms. The Labute approximate surface area is 141 Å². The van der Waals surface area contributed by atoms with Gasteiger partial charge in [0.1, 0.15) is 0 Å². The van der Waals surface area contributed by atoms with Gasteiger partial charge in [-0.2, -0.15) is 5.26 Å². The lowest BCUT2D eigenvalue weighted by atomic mass is 10.1. The summed E-state index contributed by atoms with van der Waals surface area (Å²) in [5.41, 5.74) is 9.82. The predicted molar refractivity (Wildman–Crippen MR) is 93.5 cm³/mol. The molecule has 24 heavy (non-hydrogen) atoms. The van der Waals surface area contributed by atoms with E-state index in [4.69, 9.17) is 11.0 Å². The molecule has 2 atom stereocenters. The Hall–Kier alpha value is -2.36. The first-order valence-corrected chi connectivity index (χ1v) is 8.24. The molecule has 126 valence electrons. The Morgan fingerprint density at radius 2 is 2.33 bits per heavy atom. The minimum absolute atomic E-state index is 0.0423. The van der Waals surface area contributed by atoms with Crippen LogP contribution in [0.5, 0.6) is 0 Å². The van der Waals surface area contributed by atoms with Crippen LogP contribution < -0.4 is 11.1 Å². The number of aromatic amines is 1. The summed E-state index contributed by atoms with van der Waals surface area (Å²) in [7, 11) is 1.93. The molecule has 0 radical (unpaired) electrons. The van der Waals surface area contributed by atoms with Gasteiger partial charge in [-0.3, -0.25) is 9.69 Å². The minimum atomic E-state index is -0.130. The Morgan fingerprint density at radius 3 is 3.00 bits per heavy atom. The molecule has 6 heteroatoms. The van der Waals surface area contributed by atoms with Crippen molar-refractivity contribution in [1.82, 2.24) is 15.2 Å². The zero-order valence-electron chi connectivity index (χ0n) is 14.1. The highest BCUT2D eigenvalue weighted by Gasteiger charge is 2.32. The molecular weight excluding hydrogens is 302 g/mol. The largest absolute Gasteiger partial charge is 0.358 e. The predicted octanol–water partition coefficient (Wildman–Crippen LogP) is 1.04. The summed E-state index contributed by atoms with van der Waals surface area (Å²) in [5, 5.41) is 13.2. The number of nitrogens with zero attached hydrogens (tertiary/aromatic N) is 2. The van der Waals surface area contributed by atoms with Crippen LogP contribution in [-0.2, 0) is 11.2 Å². The standard InChI is InChI=1S/C18H23N5O/c1-11-14(15-7-12(9-19)3-4-16(15)22-11)5-6-21-18(24)17-8-13(20)10-23(17)2/h3-4,7,13,17,22H,5-6,8,10,20H2,1-2H3,(H,21,24)/t13-,17-/m0/s1. The molecule has 1 aromatic heterocycles. The molecule has 1 saturated heterocycles. The molecule has 2 aromatic rings. The third-order valence-electron chi connectivity index (χ3n) is 4.81. The van der Waals surface area contributed by atoms with Crippen molar-refractivity contribution >= 4 is 16.8 Å². The monoisotopic (exact) mass is 325 g/mol. The first kappa shape index (κ1) is 16.5. The van der Waals surface area contributed by atoms with Crippen LogP contribution in [0.3, 0.4) is 0 Å². The number of aryl methyl sites for hydroxylation is 1. The van der Waals surface area contributed by atoms with Crippen molar-refractivity contribution < 1.29 is 4.79 Å². The van der Waals surface area contributed by atoms with E-state index in [-0.39, 0.29) is 18.0 Å². The Kier molecular flexibility index (Phi) is 4.56. The summed E-state index contributed by atoms with van der Waals surface area (Å²) in [6.07, 6.45) is 1.44. The van der Waals surface area contributed by atoms with Crippen molar-refractivity contribution in [3.05, 3.63) is 35.0 Å². The molecule has 1 aromatic carbocycles. The highest BCUT2D eigenvalue weighted by molar-refractivity contribution is 5.86. The number of likely N-dealkylation sites (N-methyl/N-ethyl adjacent to an activating group) is 1. The average Bonchev–Trinajstić information content (AvgIpc) is 3.05. The van der Waals surface area contributed by atoms with Gasteiger partial charge in [0.15, 0.2) is 0 Å². The van der Waals surface area contributed by atoms with Gasteiger partial charge < -0.3 is 16.0 Å². The summed E-state index contributed by atoms with van der Waals surface area (Å²) < 4.78 is 0. The van der Waals surface area contributed by atoms with Crippen molar-refractivity contribution in [2.75, 3.05) is 20.1 Å². The summed E-state index contributed by atoms with van der Waals surface area (Å²) in [6, 6.07) is 7.76. The smallest absolute Gasteiger partial charge is 0.237 e. The van der Waals surface area contributed by atoms with Crippen molar-refractivity contribution in [1.29, 1.82) is 5.26 Å². The van der Waals surface area contributed by atoms with Crippen LogP contribution in [0.1, 0.15) is 23.2 Å². The molecule has 0 saturated carbocycles. The summed E-state index contributed by atoms with van der Waals surface area (Å²) >= 11 is 0. The average molecular weight is 325 g/mol. The van der Waals surface area contributed by atoms with Gasteiger partial charge in [0, 0.05) is 35.7 Å². The van der Waals surface area contributed by atoms with Gasteiger partial charge in [0.25, 0.3) is 0 Å². The van der Waals surface area contributed by atoms with Crippen molar-refractivity contribution in [3.63, 3.8) is 0 Å². The number of hydrogen-bond donors (Lipinski definition) is 3. The summed E-state index contributed by atoms with van der Waals surface area (Å²) in [6.45, 7) is 3.35. The molecule has 1 aliphatic rings. The fourth-order valence-corrected chi connectivity index (χ4v) is 3.55. The molecule has 0 unspecified atom stereocenters. The lowest BCUT2D eigenvalue weighted by Gasteiger charge is -2.18. The number of carbonyl (C=O) groups is 1. The zero-order valence-corrected chi connectivity index (χ0v) is 14.1. The number of aromatic nitrogens is 1. The van der Waals surface area contributed by atoms with Gasteiger partial charge in [-0.25, -0.2) is 0 Å². The number of benzene rings is 1. The van der Waals surface area contributed by atoms with Crippen LogP contribution >= 0.6 is 0 Å². The van der Waals surface area contributed by atoms with E-state index in [1.165, 1.54) is 0 Å². The third kappa shape index (κ3) is 3.14. The van der Waals surface area contributed by atoms with Crippen LogP contribution in [-0.4, -0.2) is 48.0 Å². The molecule has 1 fully saturated rings. The number of nitrogens with two attached hydrogens (primary N) is 1. The second kappa shape index (κ2) is 6.63. The van der Waals surface area contributed by atoms with E-state index in [2.05, 4.69) is 16.4 Å². The molecule has 1 aliphatic heterocycles. The van der Waals surface area contributed by atoms with Crippen LogP contribution in [0.25, 0.3) is 10.9 Å². The minimum Gasteiger partial charge on any atom is -0.358 e. The van der Waals surface area contributed by atoms with Crippen LogP contribution in [0.2, 0.25) is 0 Å². The number of H-pyrrole nitrogens is 1. The number of nitrogens with one attached hydrogen (secondary N) is 2. The maximum absolute atomic E-state index is 12.3. The normalized spacial score (nSPS) is 21.1. The number of hydrogen-bond acceptors (Lipinski definition) is 4. The van der Waals surface area contributed by atoms with Gasteiger partial charge in [-0.05, 0) is 50.6 Å². The maximum Gasteiger partial charge on any atom is 0.237 e. The topological polar surface area (TPSA) is 97.9 Å². The Bertz CT molecular complexity index is 804. The SMILES string of the molecule is Cc1[nH]c2ccc(C#N)cc2c1CCNC(=O)[C@@H]1C[C@H](N)CN1C. The number of rotatable bonds is 4. The molecule has 2 heterocycles. The van der Waals surface area contributed by atoms with Crippen LogP contribution in [0.15, 0.2) is 18.2 Å².